The number of furan rings is 1. The van der Waals surface area contributed by atoms with E-state index < -0.39 is 0 Å². The molecule has 0 bridgehead atoms. The molecule has 2 aliphatic rings. The second-order valence-electron chi connectivity index (χ2n) is 4.90. The summed E-state index contributed by atoms with van der Waals surface area (Å²) in [6.07, 6.45) is 3.53. The summed E-state index contributed by atoms with van der Waals surface area (Å²) in [7, 11) is 0. The Balaban J connectivity index is 1.57. The lowest BCUT2D eigenvalue weighted by Crippen LogP contribution is -2.47. The second-order valence-corrected chi connectivity index (χ2v) is 5.89. The highest BCUT2D eigenvalue weighted by Gasteiger charge is 2.41. The van der Waals surface area contributed by atoms with Crippen molar-refractivity contribution in [2.75, 3.05) is 11.6 Å². The molecule has 3 rings (SSSR count). The monoisotopic (exact) mass is 280 g/mol. The zero-order chi connectivity index (χ0) is 13.2. The van der Waals surface area contributed by atoms with E-state index >= 15 is 0 Å². The fraction of sp³-hybridized carbons (Fsp3) is 0.538. The fourth-order valence-corrected chi connectivity index (χ4v) is 3.31. The Morgan fingerprint density at radius 3 is 3.00 bits per heavy atom. The molecule has 19 heavy (non-hydrogen) atoms. The highest BCUT2D eigenvalue weighted by Crippen LogP contribution is 2.34. The molecular formula is C13H16N2O3S. The van der Waals surface area contributed by atoms with E-state index in [-0.39, 0.29) is 23.8 Å². The maximum Gasteiger partial charge on any atom is 0.244 e. The molecule has 1 saturated heterocycles. The van der Waals surface area contributed by atoms with Gasteiger partial charge in [0.1, 0.15) is 11.8 Å². The van der Waals surface area contributed by atoms with Gasteiger partial charge in [-0.05, 0) is 25.0 Å². The SMILES string of the molecule is O=C(NCc1ccco1)C1CSCN1C(=O)C1CC1. The van der Waals surface area contributed by atoms with Gasteiger partial charge < -0.3 is 14.6 Å². The Morgan fingerprint density at radius 1 is 1.47 bits per heavy atom. The molecule has 1 N–H and O–H groups in total. The first-order valence-corrected chi connectivity index (χ1v) is 7.59. The Morgan fingerprint density at radius 2 is 2.32 bits per heavy atom. The first-order chi connectivity index (χ1) is 9.25. The van der Waals surface area contributed by atoms with Gasteiger partial charge in [0, 0.05) is 11.7 Å². The molecule has 6 heteroatoms. The number of hydrogen-bond acceptors (Lipinski definition) is 4. The van der Waals surface area contributed by atoms with Crippen LogP contribution in [0.2, 0.25) is 0 Å². The molecule has 2 fully saturated rings. The van der Waals surface area contributed by atoms with Gasteiger partial charge in [0.2, 0.25) is 11.8 Å². The molecule has 1 unspecified atom stereocenters. The van der Waals surface area contributed by atoms with Gasteiger partial charge in [-0.25, -0.2) is 0 Å². The molecule has 1 saturated carbocycles. The van der Waals surface area contributed by atoms with Crippen LogP contribution in [0.25, 0.3) is 0 Å². The third-order valence-corrected chi connectivity index (χ3v) is 4.42. The summed E-state index contributed by atoms with van der Waals surface area (Å²) in [5.41, 5.74) is 0. The third kappa shape index (κ3) is 2.78. The van der Waals surface area contributed by atoms with Crippen LogP contribution < -0.4 is 5.32 Å². The van der Waals surface area contributed by atoms with E-state index in [4.69, 9.17) is 4.42 Å². The molecule has 102 valence electrons. The second kappa shape index (κ2) is 5.28. The first-order valence-electron chi connectivity index (χ1n) is 6.44. The van der Waals surface area contributed by atoms with Crippen molar-refractivity contribution in [1.29, 1.82) is 0 Å². The van der Waals surface area contributed by atoms with Gasteiger partial charge in [0.05, 0.1) is 18.7 Å². The number of carbonyl (C=O) groups excluding carboxylic acids is 2. The molecule has 1 aromatic heterocycles. The van der Waals surface area contributed by atoms with E-state index in [1.54, 1.807) is 29.0 Å². The maximum atomic E-state index is 12.1. The van der Waals surface area contributed by atoms with Gasteiger partial charge in [0.25, 0.3) is 0 Å². The normalized spacial score (nSPS) is 22.5. The quantitative estimate of drug-likeness (QED) is 0.900. The summed E-state index contributed by atoms with van der Waals surface area (Å²) >= 11 is 1.64. The van der Waals surface area contributed by atoms with Crippen LogP contribution in [-0.4, -0.2) is 34.4 Å². The van der Waals surface area contributed by atoms with Crippen molar-refractivity contribution >= 4 is 23.6 Å². The molecule has 2 amide bonds. The highest BCUT2D eigenvalue weighted by atomic mass is 32.2. The molecule has 0 radical (unpaired) electrons. The molecule has 5 nitrogen and oxygen atoms in total. The average Bonchev–Trinajstić information content (AvgIpc) is 2.94. The summed E-state index contributed by atoms with van der Waals surface area (Å²) in [4.78, 5) is 25.9. The Kier molecular flexibility index (Phi) is 3.50. The van der Waals surface area contributed by atoms with Crippen LogP contribution >= 0.6 is 11.8 Å². The molecule has 1 aromatic rings. The molecule has 1 aliphatic carbocycles. The number of nitrogens with zero attached hydrogens (tertiary/aromatic N) is 1. The van der Waals surface area contributed by atoms with Crippen molar-refractivity contribution in [2.24, 2.45) is 5.92 Å². The lowest BCUT2D eigenvalue weighted by atomic mass is 10.2. The average molecular weight is 280 g/mol. The maximum absolute atomic E-state index is 12.1. The molecule has 0 aromatic carbocycles. The molecular weight excluding hydrogens is 264 g/mol. The summed E-state index contributed by atoms with van der Waals surface area (Å²) in [5, 5.41) is 2.83. The van der Waals surface area contributed by atoms with Crippen LogP contribution in [0.3, 0.4) is 0 Å². The predicted octanol–water partition coefficient (Wildman–Crippen LogP) is 1.21. The van der Waals surface area contributed by atoms with Crippen molar-refractivity contribution in [2.45, 2.75) is 25.4 Å². The minimum atomic E-state index is -0.326. The smallest absolute Gasteiger partial charge is 0.244 e. The van der Waals surface area contributed by atoms with Crippen LogP contribution in [0.4, 0.5) is 0 Å². The standard InChI is InChI=1S/C13H16N2O3S/c16-12(14-6-10-2-1-5-18-10)11-7-19-8-15(11)13(17)9-3-4-9/h1-2,5,9,11H,3-4,6-8H2,(H,14,16). The van der Waals surface area contributed by atoms with Crippen molar-refractivity contribution in [3.63, 3.8) is 0 Å². The number of carbonyl (C=O) groups is 2. The molecule has 2 heterocycles. The van der Waals surface area contributed by atoms with Crippen molar-refractivity contribution in [3.8, 4) is 0 Å². The van der Waals surface area contributed by atoms with E-state index in [0.29, 0.717) is 18.2 Å². The number of nitrogens with one attached hydrogen (secondary N) is 1. The van der Waals surface area contributed by atoms with Crippen molar-refractivity contribution in [3.05, 3.63) is 24.2 Å². The number of rotatable bonds is 4. The van der Waals surface area contributed by atoms with Gasteiger partial charge in [0.15, 0.2) is 0 Å². The van der Waals surface area contributed by atoms with Crippen molar-refractivity contribution < 1.29 is 14.0 Å². The summed E-state index contributed by atoms with van der Waals surface area (Å²) in [5.74, 6) is 2.26. The summed E-state index contributed by atoms with van der Waals surface area (Å²) in [6, 6.07) is 3.28. The minimum Gasteiger partial charge on any atom is -0.467 e. The predicted molar refractivity (Wildman–Crippen MR) is 71.2 cm³/mol. The van der Waals surface area contributed by atoms with E-state index in [0.717, 1.165) is 18.6 Å². The van der Waals surface area contributed by atoms with Gasteiger partial charge in [-0.2, -0.15) is 0 Å². The van der Waals surface area contributed by atoms with Gasteiger partial charge >= 0.3 is 0 Å². The summed E-state index contributed by atoms with van der Waals surface area (Å²) in [6.45, 7) is 0.373. The molecule has 1 atom stereocenters. The van der Waals surface area contributed by atoms with Gasteiger partial charge in [-0.15, -0.1) is 11.8 Å². The van der Waals surface area contributed by atoms with E-state index in [1.807, 2.05) is 6.07 Å². The Hall–Kier alpha value is -1.43. The first kappa shape index (κ1) is 12.6. The molecule has 0 spiro atoms. The van der Waals surface area contributed by atoms with Crippen molar-refractivity contribution in [1.82, 2.24) is 10.2 Å². The van der Waals surface area contributed by atoms with E-state index in [9.17, 15) is 9.59 Å². The van der Waals surface area contributed by atoms with Crippen LogP contribution in [0.5, 0.6) is 0 Å². The fourth-order valence-electron chi connectivity index (χ4n) is 2.15. The minimum absolute atomic E-state index is 0.0876. The lowest BCUT2D eigenvalue weighted by Gasteiger charge is -2.22. The largest absolute Gasteiger partial charge is 0.467 e. The van der Waals surface area contributed by atoms with Crippen LogP contribution in [0.1, 0.15) is 18.6 Å². The Bertz CT molecular complexity index is 470. The zero-order valence-corrected chi connectivity index (χ0v) is 11.3. The van der Waals surface area contributed by atoms with E-state index in [1.165, 1.54) is 0 Å². The Labute approximate surface area is 115 Å². The highest BCUT2D eigenvalue weighted by molar-refractivity contribution is 7.99. The number of hydrogen-bond donors (Lipinski definition) is 1. The topological polar surface area (TPSA) is 62.6 Å². The zero-order valence-electron chi connectivity index (χ0n) is 10.5. The van der Waals surface area contributed by atoms with Crippen LogP contribution in [-0.2, 0) is 16.1 Å². The van der Waals surface area contributed by atoms with E-state index in [2.05, 4.69) is 5.32 Å². The number of thioether (sulfide) groups is 1. The van der Waals surface area contributed by atoms with Gasteiger partial charge in [-0.1, -0.05) is 0 Å². The molecule has 1 aliphatic heterocycles. The summed E-state index contributed by atoms with van der Waals surface area (Å²) < 4.78 is 5.17. The van der Waals surface area contributed by atoms with Crippen LogP contribution in [0.15, 0.2) is 22.8 Å². The van der Waals surface area contributed by atoms with Gasteiger partial charge in [-0.3, -0.25) is 9.59 Å². The lowest BCUT2D eigenvalue weighted by molar-refractivity contribution is -0.139. The number of amides is 2. The third-order valence-electron chi connectivity index (χ3n) is 3.41. The van der Waals surface area contributed by atoms with Crippen LogP contribution in [0, 0.1) is 5.92 Å².